The molecule has 0 aliphatic carbocycles. The molecule has 0 saturated carbocycles. The first-order chi connectivity index (χ1) is 7.56. The van der Waals surface area contributed by atoms with Crippen LogP contribution in [0.1, 0.15) is 15.9 Å². The van der Waals surface area contributed by atoms with Crippen LogP contribution in [-0.4, -0.2) is 19.7 Å². The van der Waals surface area contributed by atoms with E-state index in [0.29, 0.717) is 0 Å². The Bertz CT molecular complexity index is 440. The zero-order valence-electron chi connectivity index (χ0n) is 8.24. The highest BCUT2D eigenvalue weighted by Gasteiger charge is 2.12. The normalized spacial score (nSPS) is 9.69. The number of nitrogens with zero attached hydrogens (tertiary/aromatic N) is 1. The van der Waals surface area contributed by atoms with Crippen molar-refractivity contribution in [3.05, 3.63) is 29.3 Å². The fourth-order valence-corrected chi connectivity index (χ4v) is 1.07. The van der Waals surface area contributed by atoms with Crippen LogP contribution in [0.25, 0.3) is 0 Å². The van der Waals surface area contributed by atoms with Gasteiger partial charge < -0.3 is 9.47 Å². The number of carbonyl (C=O) groups excluding carboxylic acids is 1. The summed E-state index contributed by atoms with van der Waals surface area (Å²) in [6.45, 7) is -3.01. The molecule has 0 spiro atoms. The number of halogens is 2. The van der Waals surface area contributed by atoms with Crippen molar-refractivity contribution in [2.24, 2.45) is 0 Å². The summed E-state index contributed by atoms with van der Waals surface area (Å²) >= 11 is 0. The van der Waals surface area contributed by atoms with Crippen molar-refractivity contribution >= 4 is 5.97 Å². The summed E-state index contributed by atoms with van der Waals surface area (Å²) < 4.78 is 32.4. The Morgan fingerprint density at radius 2 is 2.12 bits per heavy atom. The lowest BCUT2D eigenvalue weighted by Crippen LogP contribution is -2.06. The topological polar surface area (TPSA) is 59.3 Å². The molecule has 0 N–H and O–H groups in total. The molecule has 0 atom stereocenters. The second kappa shape index (κ2) is 5.07. The van der Waals surface area contributed by atoms with Crippen LogP contribution in [0.3, 0.4) is 0 Å². The summed E-state index contributed by atoms with van der Waals surface area (Å²) in [4.78, 5) is 11.1. The third kappa shape index (κ3) is 2.92. The SMILES string of the molecule is COC(=O)c1cc(C#N)cc(OC(F)F)c1. The Morgan fingerprint density at radius 3 is 2.62 bits per heavy atom. The first-order valence-electron chi connectivity index (χ1n) is 4.15. The summed E-state index contributed by atoms with van der Waals surface area (Å²) in [7, 11) is 1.15. The van der Waals surface area contributed by atoms with Gasteiger partial charge in [0.15, 0.2) is 0 Å². The van der Waals surface area contributed by atoms with Crippen LogP contribution in [0, 0.1) is 11.3 Å². The molecule has 0 unspecified atom stereocenters. The van der Waals surface area contributed by atoms with Gasteiger partial charge >= 0.3 is 12.6 Å². The minimum absolute atomic E-state index is 0.0165. The highest BCUT2D eigenvalue weighted by molar-refractivity contribution is 5.90. The molecule has 1 aromatic rings. The molecular weight excluding hydrogens is 220 g/mol. The van der Waals surface area contributed by atoms with Gasteiger partial charge in [0, 0.05) is 0 Å². The second-order valence-electron chi connectivity index (χ2n) is 2.73. The molecule has 4 nitrogen and oxygen atoms in total. The molecule has 84 valence electrons. The maximum absolute atomic E-state index is 11.9. The van der Waals surface area contributed by atoms with E-state index in [1.54, 1.807) is 6.07 Å². The number of rotatable bonds is 3. The Balaban J connectivity index is 3.11. The second-order valence-corrected chi connectivity index (χ2v) is 2.73. The van der Waals surface area contributed by atoms with Gasteiger partial charge in [0.25, 0.3) is 0 Å². The van der Waals surface area contributed by atoms with Gasteiger partial charge in [-0.25, -0.2) is 4.79 Å². The molecule has 0 aliphatic heterocycles. The van der Waals surface area contributed by atoms with Gasteiger partial charge in [-0.1, -0.05) is 0 Å². The summed E-state index contributed by atoms with van der Waals surface area (Å²) in [6.07, 6.45) is 0. The number of carbonyl (C=O) groups is 1. The van der Waals surface area contributed by atoms with Crippen molar-refractivity contribution in [3.63, 3.8) is 0 Å². The largest absolute Gasteiger partial charge is 0.465 e. The average Bonchev–Trinajstić information content (AvgIpc) is 2.26. The Hall–Kier alpha value is -2.16. The van der Waals surface area contributed by atoms with E-state index in [0.717, 1.165) is 19.2 Å². The Labute approximate surface area is 90.0 Å². The molecule has 0 fully saturated rings. The zero-order chi connectivity index (χ0) is 12.1. The van der Waals surface area contributed by atoms with Crippen LogP contribution in [0.2, 0.25) is 0 Å². The predicted octanol–water partition coefficient (Wildman–Crippen LogP) is 1.95. The third-order valence-corrected chi connectivity index (χ3v) is 1.68. The summed E-state index contributed by atoms with van der Waals surface area (Å²) in [6, 6.07) is 5.15. The quantitative estimate of drug-likeness (QED) is 0.740. The van der Waals surface area contributed by atoms with E-state index < -0.39 is 12.6 Å². The molecule has 1 rings (SSSR count). The van der Waals surface area contributed by atoms with Gasteiger partial charge in [0.2, 0.25) is 0 Å². The zero-order valence-corrected chi connectivity index (χ0v) is 8.24. The van der Waals surface area contributed by atoms with Crippen LogP contribution in [0.4, 0.5) is 8.78 Å². The smallest absolute Gasteiger partial charge is 0.387 e. The van der Waals surface area contributed by atoms with E-state index in [2.05, 4.69) is 9.47 Å². The van der Waals surface area contributed by atoms with Crippen LogP contribution < -0.4 is 4.74 Å². The minimum atomic E-state index is -3.01. The summed E-state index contributed by atoms with van der Waals surface area (Å²) in [5.74, 6) is -0.981. The van der Waals surface area contributed by atoms with Crippen LogP contribution >= 0.6 is 0 Å². The Kier molecular flexibility index (Phi) is 3.78. The average molecular weight is 227 g/mol. The fourth-order valence-electron chi connectivity index (χ4n) is 1.07. The van der Waals surface area contributed by atoms with Crippen LogP contribution in [0.5, 0.6) is 5.75 Å². The van der Waals surface area contributed by atoms with Crippen LogP contribution in [0.15, 0.2) is 18.2 Å². The van der Waals surface area contributed by atoms with Gasteiger partial charge in [-0.2, -0.15) is 14.0 Å². The fraction of sp³-hybridized carbons (Fsp3) is 0.200. The van der Waals surface area contributed by atoms with Gasteiger partial charge in [-0.05, 0) is 18.2 Å². The van der Waals surface area contributed by atoms with Crippen LogP contribution in [-0.2, 0) is 4.74 Å². The molecule has 0 aromatic heterocycles. The first kappa shape index (κ1) is 11.9. The lowest BCUT2D eigenvalue weighted by molar-refractivity contribution is -0.0499. The van der Waals surface area contributed by atoms with E-state index in [1.807, 2.05) is 0 Å². The number of nitriles is 1. The molecule has 0 saturated heterocycles. The number of benzene rings is 1. The van der Waals surface area contributed by atoms with Crippen molar-refractivity contribution < 1.29 is 23.0 Å². The summed E-state index contributed by atoms with van der Waals surface area (Å²) in [5.41, 5.74) is 0.0238. The van der Waals surface area contributed by atoms with E-state index in [1.165, 1.54) is 6.07 Å². The molecule has 0 bridgehead atoms. The highest BCUT2D eigenvalue weighted by atomic mass is 19.3. The number of alkyl halides is 2. The molecule has 0 aliphatic rings. The highest BCUT2D eigenvalue weighted by Crippen LogP contribution is 2.19. The third-order valence-electron chi connectivity index (χ3n) is 1.68. The number of hydrogen-bond donors (Lipinski definition) is 0. The molecule has 0 heterocycles. The summed E-state index contributed by atoms with van der Waals surface area (Å²) in [5, 5.41) is 8.63. The number of ether oxygens (including phenoxy) is 2. The molecule has 16 heavy (non-hydrogen) atoms. The lowest BCUT2D eigenvalue weighted by atomic mass is 10.1. The molecule has 0 radical (unpaired) electrons. The monoisotopic (exact) mass is 227 g/mol. The van der Waals surface area contributed by atoms with Crippen molar-refractivity contribution in [3.8, 4) is 11.8 Å². The number of methoxy groups -OCH3 is 1. The van der Waals surface area contributed by atoms with Gasteiger partial charge in [-0.15, -0.1) is 0 Å². The Morgan fingerprint density at radius 1 is 1.44 bits per heavy atom. The van der Waals surface area contributed by atoms with Crippen molar-refractivity contribution in [2.45, 2.75) is 6.61 Å². The van der Waals surface area contributed by atoms with Gasteiger partial charge in [0.1, 0.15) is 5.75 Å². The standard InChI is InChI=1S/C10H7F2NO3/c1-15-9(14)7-2-6(5-13)3-8(4-7)16-10(11)12/h2-4,10H,1H3. The molecule has 1 aromatic carbocycles. The van der Waals surface area contributed by atoms with Crippen molar-refractivity contribution in [1.82, 2.24) is 0 Å². The van der Waals surface area contributed by atoms with E-state index in [-0.39, 0.29) is 16.9 Å². The maximum atomic E-state index is 11.9. The first-order valence-corrected chi connectivity index (χ1v) is 4.15. The van der Waals surface area contributed by atoms with E-state index in [4.69, 9.17) is 5.26 Å². The predicted molar refractivity (Wildman–Crippen MR) is 49.1 cm³/mol. The van der Waals surface area contributed by atoms with E-state index >= 15 is 0 Å². The lowest BCUT2D eigenvalue weighted by Gasteiger charge is -2.06. The van der Waals surface area contributed by atoms with Crippen molar-refractivity contribution in [2.75, 3.05) is 7.11 Å². The molecule has 6 heteroatoms. The van der Waals surface area contributed by atoms with Gasteiger partial charge in [-0.3, -0.25) is 0 Å². The molecule has 0 amide bonds. The number of hydrogen-bond acceptors (Lipinski definition) is 4. The maximum Gasteiger partial charge on any atom is 0.387 e. The van der Waals surface area contributed by atoms with Gasteiger partial charge in [0.05, 0.1) is 24.3 Å². The minimum Gasteiger partial charge on any atom is -0.465 e. The van der Waals surface area contributed by atoms with Crippen molar-refractivity contribution in [1.29, 1.82) is 5.26 Å². The number of esters is 1. The van der Waals surface area contributed by atoms with E-state index in [9.17, 15) is 13.6 Å². The molecular formula is C10H7F2NO3.